The number of nitrogen functional groups attached to an aromatic ring is 1. The zero-order chi connectivity index (χ0) is 14.5. The zero-order valence-electron chi connectivity index (χ0n) is 11.2. The minimum atomic E-state index is 0.513. The number of aryl methyl sites for hydroxylation is 2. The van der Waals surface area contributed by atoms with Gasteiger partial charge in [0.25, 0.3) is 0 Å². The van der Waals surface area contributed by atoms with Gasteiger partial charge in [0.15, 0.2) is 4.34 Å². The Balaban J connectivity index is 1.51. The molecule has 0 unspecified atom stereocenters. The largest absolute Gasteiger partial charge is 0.374 e. The molecule has 0 spiro atoms. The van der Waals surface area contributed by atoms with Gasteiger partial charge in [0.2, 0.25) is 5.13 Å². The molecule has 0 fully saturated rings. The summed E-state index contributed by atoms with van der Waals surface area (Å²) in [6.07, 6.45) is 2.03. The van der Waals surface area contributed by atoms with E-state index in [0.717, 1.165) is 28.6 Å². The van der Waals surface area contributed by atoms with Gasteiger partial charge in [-0.3, -0.25) is 0 Å². The van der Waals surface area contributed by atoms with E-state index in [2.05, 4.69) is 44.8 Å². The van der Waals surface area contributed by atoms with E-state index in [1.165, 1.54) is 21.9 Å². The quantitative estimate of drug-likeness (QED) is 0.697. The Morgan fingerprint density at radius 2 is 1.95 bits per heavy atom. The van der Waals surface area contributed by atoms with E-state index in [1.54, 1.807) is 23.1 Å². The predicted molar refractivity (Wildman–Crippen MR) is 89.8 cm³/mol. The van der Waals surface area contributed by atoms with Gasteiger partial charge < -0.3 is 5.73 Å². The van der Waals surface area contributed by atoms with Crippen LogP contribution in [0.1, 0.15) is 16.3 Å². The molecule has 0 aliphatic rings. The fraction of sp³-hybridized carbons (Fsp3) is 0.214. The van der Waals surface area contributed by atoms with Gasteiger partial charge in [-0.25, -0.2) is 4.98 Å². The molecular weight excluding hydrogens is 320 g/mol. The molecule has 4 nitrogen and oxygen atoms in total. The highest BCUT2D eigenvalue weighted by atomic mass is 32.2. The monoisotopic (exact) mass is 334 g/mol. The van der Waals surface area contributed by atoms with Gasteiger partial charge in [-0.05, 0) is 12.0 Å². The lowest BCUT2D eigenvalue weighted by molar-refractivity contribution is 0.935. The minimum Gasteiger partial charge on any atom is -0.374 e. The van der Waals surface area contributed by atoms with E-state index in [1.807, 2.05) is 6.07 Å². The van der Waals surface area contributed by atoms with Crippen molar-refractivity contribution < 1.29 is 0 Å². The molecule has 0 bridgehead atoms. The highest BCUT2D eigenvalue weighted by Crippen LogP contribution is 2.27. The number of rotatable bonds is 6. The maximum absolute atomic E-state index is 5.56. The van der Waals surface area contributed by atoms with Gasteiger partial charge in [-0.2, -0.15) is 0 Å². The molecule has 2 N–H and O–H groups in total. The molecule has 0 aliphatic carbocycles. The third kappa shape index (κ3) is 4.26. The lowest BCUT2D eigenvalue weighted by Gasteiger charge is -1.98. The number of hydrogen-bond donors (Lipinski definition) is 1. The van der Waals surface area contributed by atoms with Crippen molar-refractivity contribution in [3.8, 4) is 0 Å². The molecule has 21 heavy (non-hydrogen) atoms. The number of hydrogen-bond acceptors (Lipinski definition) is 7. The van der Waals surface area contributed by atoms with Crippen LogP contribution in [-0.4, -0.2) is 15.2 Å². The Bertz CT molecular complexity index is 693. The Hall–Kier alpha value is -1.44. The van der Waals surface area contributed by atoms with Crippen molar-refractivity contribution in [2.24, 2.45) is 0 Å². The van der Waals surface area contributed by atoms with Crippen molar-refractivity contribution in [1.82, 2.24) is 15.2 Å². The van der Waals surface area contributed by atoms with Crippen molar-refractivity contribution in [3.05, 3.63) is 52.0 Å². The van der Waals surface area contributed by atoms with Gasteiger partial charge in [-0.1, -0.05) is 53.4 Å². The molecule has 3 aromatic rings. The highest BCUT2D eigenvalue weighted by molar-refractivity contribution is 8.00. The summed E-state index contributed by atoms with van der Waals surface area (Å²) in [5.41, 5.74) is 8.02. The van der Waals surface area contributed by atoms with Crippen molar-refractivity contribution in [2.45, 2.75) is 22.9 Å². The fourth-order valence-electron chi connectivity index (χ4n) is 1.84. The Morgan fingerprint density at radius 3 is 2.71 bits per heavy atom. The molecule has 108 valence electrons. The second kappa shape index (κ2) is 7.02. The standard InChI is InChI=1S/C14H14N4S3/c15-13-17-18-14(21-13)20-9-11-8-19-12(16-11)7-6-10-4-2-1-3-5-10/h1-5,8H,6-7,9H2,(H2,15,17). The smallest absolute Gasteiger partial charge is 0.203 e. The third-order valence-corrected chi connectivity index (χ3v) is 5.71. The second-order valence-corrected chi connectivity index (χ2v) is 7.59. The number of anilines is 1. The van der Waals surface area contributed by atoms with E-state index < -0.39 is 0 Å². The lowest BCUT2D eigenvalue weighted by Crippen LogP contribution is -1.91. The number of benzene rings is 1. The molecule has 0 amide bonds. The molecule has 0 radical (unpaired) electrons. The SMILES string of the molecule is Nc1nnc(SCc2csc(CCc3ccccc3)n2)s1. The number of thiazole rings is 1. The van der Waals surface area contributed by atoms with Gasteiger partial charge >= 0.3 is 0 Å². The van der Waals surface area contributed by atoms with Crippen LogP contribution in [0.25, 0.3) is 0 Å². The van der Waals surface area contributed by atoms with Crippen LogP contribution in [0.4, 0.5) is 5.13 Å². The second-order valence-electron chi connectivity index (χ2n) is 4.41. The molecule has 2 heterocycles. The zero-order valence-corrected chi connectivity index (χ0v) is 13.7. The van der Waals surface area contributed by atoms with Crippen molar-refractivity contribution in [1.29, 1.82) is 0 Å². The van der Waals surface area contributed by atoms with Crippen molar-refractivity contribution in [2.75, 3.05) is 5.73 Å². The predicted octanol–water partition coefficient (Wildman–Crippen LogP) is 3.65. The van der Waals surface area contributed by atoms with Gasteiger partial charge in [0.05, 0.1) is 10.7 Å². The molecule has 0 saturated carbocycles. The summed E-state index contributed by atoms with van der Waals surface area (Å²) in [5, 5.41) is 11.6. The van der Waals surface area contributed by atoms with Crippen LogP contribution in [0.2, 0.25) is 0 Å². The average molecular weight is 334 g/mol. The average Bonchev–Trinajstić information content (AvgIpc) is 3.13. The summed E-state index contributed by atoms with van der Waals surface area (Å²) in [6.45, 7) is 0. The summed E-state index contributed by atoms with van der Waals surface area (Å²) in [5.74, 6) is 0.816. The number of nitrogens with zero attached hydrogens (tertiary/aromatic N) is 3. The molecule has 1 aromatic carbocycles. The van der Waals surface area contributed by atoms with E-state index in [-0.39, 0.29) is 0 Å². The van der Waals surface area contributed by atoms with Crippen molar-refractivity contribution in [3.63, 3.8) is 0 Å². The minimum absolute atomic E-state index is 0.513. The fourth-order valence-corrected chi connectivity index (χ4v) is 4.27. The van der Waals surface area contributed by atoms with Crippen molar-refractivity contribution >= 4 is 39.6 Å². The lowest BCUT2D eigenvalue weighted by atomic mass is 10.1. The normalized spacial score (nSPS) is 10.9. The van der Waals surface area contributed by atoms with Crippen LogP contribution in [0.3, 0.4) is 0 Å². The first kappa shape index (κ1) is 14.5. The molecule has 3 rings (SSSR count). The first-order valence-electron chi connectivity index (χ1n) is 6.48. The van der Waals surface area contributed by atoms with Gasteiger partial charge in [-0.15, -0.1) is 21.5 Å². The van der Waals surface area contributed by atoms with Crippen LogP contribution in [0.5, 0.6) is 0 Å². The Kier molecular flexibility index (Phi) is 4.84. The molecule has 7 heteroatoms. The molecular formula is C14H14N4S3. The van der Waals surface area contributed by atoms with Crippen LogP contribution in [0.15, 0.2) is 40.1 Å². The summed E-state index contributed by atoms with van der Waals surface area (Å²) in [4.78, 5) is 4.67. The summed E-state index contributed by atoms with van der Waals surface area (Å²) >= 11 is 4.77. The van der Waals surface area contributed by atoms with Crippen LogP contribution < -0.4 is 5.73 Å². The summed E-state index contributed by atoms with van der Waals surface area (Å²) in [6, 6.07) is 10.5. The topological polar surface area (TPSA) is 64.7 Å². The van der Waals surface area contributed by atoms with E-state index in [4.69, 9.17) is 5.73 Å². The van der Waals surface area contributed by atoms with E-state index >= 15 is 0 Å². The number of aromatic nitrogens is 3. The van der Waals surface area contributed by atoms with Gasteiger partial charge in [0.1, 0.15) is 0 Å². The maximum atomic E-state index is 5.56. The Morgan fingerprint density at radius 1 is 1.10 bits per heavy atom. The number of nitrogens with two attached hydrogens (primary N) is 1. The van der Waals surface area contributed by atoms with E-state index in [9.17, 15) is 0 Å². The number of thioether (sulfide) groups is 1. The molecule has 0 saturated heterocycles. The van der Waals surface area contributed by atoms with Crippen LogP contribution in [0, 0.1) is 0 Å². The molecule has 2 aromatic heterocycles. The third-order valence-electron chi connectivity index (χ3n) is 2.84. The van der Waals surface area contributed by atoms with E-state index in [0.29, 0.717) is 5.13 Å². The summed E-state index contributed by atoms with van der Waals surface area (Å²) < 4.78 is 0.895. The van der Waals surface area contributed by atoms with Crippen LogP contribution >= 0.6 is 34.4 Å². The first-order valence-corrected chi connectivity index (χ1v) is 9.17. The molecule has 0 aliphatic heterocycles. The molecule has 0 atom stereocenters. The summed E-state index contributed by atoms with van der Waals surface area (Å²) in [7, 11) is 0. The van der Waals surface area contributed by atoms with Gasteiger partial charge in [0, 0.05) is 17.6 Å². The first-order chi connectivity index (χ1) is 10.3. The highest BCUT2D eigenvalue weighted by Gasteiger charge is 2.06. The van der Waals surface area contributed by atoms with Crippen LogP contribution in [-0.2, 0) is 18.6 Å². The maximum Gasteiger partial charge on any atom is 0.203 e. The Labute approximate surface area is 135 Å².